The van der Waals surface area contributed by atoms with Crippen molar-refractivity contribution in [3.8, 4) is 0 Å². The van der Waals surface area contributed by atoms with Gasteiger partial charge in [-0.15, -0.1) is 0 Å². The van der Waals surface area contributed by atoms with Crippen molar-refractivity contribution < 1.29 is 5.11 Å². The zero-order chi connectivity index (χ0) is 27.3. The molecule has 40 heavy (non-hydrogen) atoms. The third kappa shape index (κ3) is 6.35. The van der Waals surface area contributed by atoms with Crippen LogP contribution in [0.25, 0.3) is 0 Å². The molecule has 1 fully saturated rings. The molecular weight excluding hydrogens is 502 g/mol. The molecule has 2 aromatic carbocycles. The van der Waals surface area contributed by atoms with E-state index in [1.807, 2.05) is 25.4 Å². The summed E-state index contributed by atoms with van der Waals surface area (Å²) in [4.78, 5) is 29.5. The fourth-order valence-electron chi connectivity index (χ4n) is 5.39. The van der Waals surface area contributed by atoms with Crippen LogP contribution in [0, 0.1) is 0 Å². The second-order valence-corrected chi connectivity index (χ2v) is 10.6. The molecule has 6 rings (SSSR count). The number of nitrogens with zero attached hydrogens (tertiary/aromatic N) is 8. The molecule has 0 aliphatic carbocycles. The van der Waals surface area contributed by atoms with Crippen LogP contribution in [0.2, 0.25) is 0 Å². The molecule has 1 saturated heterocycles. The van der Waals surface area contributed by atoms with Gasteiger partial charge in [-0.05, 0) is 47.7 Å². The Morgan fingerprint density at radius 3 is 2.33 bits per heavy atom. The number of benzene rings is 2. The number of fused-ring (bicyclic) bond motifs is 1. The summed E-state index contributed by atoms with van der Waals surface area (Å²) in [5, 5.41) is 13.1. The van der Waals surface area contributed by atoms with Gasteiger partial charge in [-0.1, -0.05) is 36.4 Å². The van der Waals surface area contributed by atoms with E-state index in [-0.39, 0.29) is 6.10 Å². The number of aliphatic hydroxyl groups excluding tert-OH is 1. The summed E-state index contributed by atoms with van der Waals surface area (Å²) >= 11 is 0. The summed E-state index contributed by atoms with van der Waals surface area (Å²) < 4.78 is 0. The summed E-state index contributed by atoms with van der Waals surface area (Å²) in [7, 11) is 0. The van der Waals surface area contributed by atoms with Crippen LogP contribution in [-0.2, 0) is 19.4 Å². The van der Waals surface area contributed by atoms with Crippen LogP contribution in [0.5, 0.6) is 0 Å². The van der Waals surface area contributed by atoms with Gasteiger partial charge in [-0.2, -0.15) is 4.98 Å². The van der Waals surface area contributed by atoms with Gasteiger partial charge in [-0.3, -0.25) is 4.90 Å². The lowest BCUT2D eigenvalue weighted by Crippen LogP contribution is -2.47. The molecule has 4 aromatic rings. The van der Waals surface area contributed by atoms with Gasteiger partial charge in [0.15, 0.2) is 0 Å². The lowest BCUT2D eigenvalue weighted by atomic mass is 9.99. The Kier molecular flexibility index (Phi) is 7.78. The summed E-state index contributed by atoms with van der Waals surface area (Å²) in [5.41, 5.74) is 5.95. The Morgan fingerprint density at radius 1 is 0.825 bits per heavy atom. The van der Waals surface area contributed by atoms with E-state index in [1.54, 1.807) is 6.33 Å². The van der Waals surface area contributed by atoms with Crippen molar-refractivity contribution in [3.05, 3.63) is 89.5 Å². The molecule has 0 amide bonds. The fraction of sp³-hybridized carbons (Fsp3) is 0.367. The van der Waals surface area contributed by atoms with Crippen molar-refractivity contribution in [2.24, 2.45) is 0 Å². The molecule has 10 nitrogen and oxygen atoms in total. The van der Waals surface area contributed by atoms with E-state index in [0.717, 1.165) is 69.3 Å². The number of rotatable bonds is 8. The molecule has 0 unspecified atom stereocenters. The number of piperazine rings is 1. The predicted octanol–water partition coefficient (Wildman–Crippen LogP) is 3.06. The first-order valence-electron chi connectivity index (χ1n) is 13.9. The molecule has 10 heteroatoms. The Hall–Kier alpha value is -4.15. The van der Waals surface area contributed by atoms with Gasteiger partial charge in [-0.25, -0.2) is 19.9 Å². The largest absolute Gasteiger partial charge is 0.392 e. The lowest BCUT2D eigenvalue weighted by Gasteiger charge is -2.34. The van der Waals surface area contributed by atoms with Crippen molar-refractivity contribution in [3.63, 3.8) is 0 Å². The molecule has 2 N–H and O–H groups in total. The minimum absolute atomic E-state index is 0.327. The summed E-state index contributed by atoms with van der Waals surface area (Å²) in [6, 6.07) is 16.8. The van der Waals surface area contributed by atoms with Gasteiger partial charge in [0.05, 0.1) is 6.10 Å². The van der Waals surface area contributed by atoms with E-state index in [9.17, 15) is 5.11 Å². The molecule has 0 radical (unpaired) electrons. The maximum absolute atomic E-state index is 9.77. The quantitative estimate of drug-likeness (QED) is 0.348. The van der Waals surface area contributed by atoms with Crippen molar-refractivity contribution in [2.75, 3.05) is 54.4 Å². The summed E-state index contributed by atoms with van der Waals surface area (Å²) in [5.74, 6) is 1.95. The Balaban J connectivity index is 1.05. The number of nitrogens with one attached hydrogen (secondary N) is 1. The van der Waals surface area contributed by atoms with Gasteiger partial charge in [0, 0.05) is 70.3 Å². The van der Waals surface area contributed by atoms with Crippen LogP contribution in [0.15, 0.2) is 67.3 Å². The highest BCUT2D eigenvalue weighted by Gasteiger charge is 2.22. The molecule has 1 atom stereocenters. The number of aliphatic hydroxyl groups is 1. The highest BCUT2D eigenvalue weighted by molar-refractivity contribution is 5.57. The maximum Gasteiger partial charge on any atom is 0.231 e. The van der Waals surface area contributed by atoms with Crippen molar-refractivity contribution >= 4 is 23.5 Å². The number of hydrogen-bond acceptors (Lipinski definition) is 10. The second-order valence-electron chi connectivity index (χ2n) is 10.6. The molecule has 4 heterocycles. The summed E-state index contributed by atoms with van der Waals surface area (Å²) in [6.45, 7) is 7.47. The summed E-state index contributed by atoms with van der Waals surface area (Å²) in [6.07, 6.45) is 6.92. The van der Waals surface area contributed by atoms with E-state index in [2.05, 4.69) is 82.4 Å². The minimum atomic E-state index is -0.327. The topological polar surface area (TPSA) is 106 Å². The van der Waals surface area contributed by atoms with E-state index >= 15 is 0 Å². The fourth-order valence-corrected chi connectivity index (χ4v) is 5.39. The van der Waals surface area contributed by atoms with Crippen molar-refractivity contribution in [1.29, 1.82) is 0 Å². The highest BCUT2D eigenvalue weighted by Crippen LogP contribution is 2.25. The lowest BCUT2D eigenvalue weighted by molar-refractivity contribution is 0.119. The number of anilines is 4. The Morgan fingerprint density at radius 2 is 1.57 bits per heavy atom. The zero-order valence-electron chi connectivity index (χ0n) is 22.8. The van der Waals surface area contributed by atoms with Gasteiger partial charge in [0.2, 0.25) is 17.8 Å². The van der Waals surface area contributed by atoms with Gasteiger partial charge >= 0.3 is 0 Å². The van der Waals surface area contributed by atoms with Crippen LogP contribution in [0.3, 0.4) is 0 Å². The molecule has 2 aliphatic heterocycles. The first kappa shape index (κ1) is 26.1. The molecular formula is C30H35N9O. The van der Waals surface area contributed by atoms with E-state index in [0.29, 0.717) is 18.4 Å². The first-order chi connectivity index (χ1) is 19.6. The van der Waals surface area contributed by atoms with Crippen LogP contribution >= 0.6 is 0 Å². The van der Waals surface area contributed by atoms with Crippen molar-refractivity contribution in [1.82, 2.24) is 29.8 Å². The maximum atomic E-state index is 9.77. The Bertz CT molecular complexity index is 1410. The number of hydrogen-bond donors (Lipinski definition) is 2. The number of aromatic nitrogens is 5. The van der Waals surface area contributed by atoms with Crippen LogP contribution in [0.4, 0.5) is 23.5 Å². The number of β-amino-alcohol motifs (C(OH)–C–C–N with tert-alkyl or cyclic N) is 1. The third-order valence-electron chi connectivity index (χ3n) is 7.42. The van der Waals surface area contributed by atoms with E-state index in [1.165, 1.54) is 16.7 Å². The average Bonchev–Trinajstić information content (AvgIpc) is 2.98. The molecule has 2 aromatic heterocycles. The minimum Gasteiger partial charge on any atom is -0.392 e. The normalized spacial score (nSPS) is 16.4. The third-order valence-corrected chi connectivity index (χ3v) is 7.42. The van der Waals surface area contributed by atoms with Gasteiger partial charge in [0.25, 0.3) is 0 Å². The second kappa shape index (κ2) is 11.9. The van der Waals surface area contributed by atoms with Crippen LogP contribution in [0.1, 0.15) is 29.2 Å². The highest BCUT2D eigenvalue weighted by atomic mass is 16.3. The zero-order valence-corrected chi connectivity index (χ0v) is 22.8. The van der Waals surface area contributed by atoms with E-state index < -0.39 is 0 Å². The van der Waals surface area contributed by atoms with Gasteiger partial charge < -0.3 is 20.2 Å². The first-order valence-corrected chi connectivity index (χ1v) is 13.9. The predicted molar refractivity (Wildman–Crippen MR) is 156 cm³/mol. The van der Waals surface area contributed by atoms with Crippen LogP contribution < -0.4 is 15.1 Å². The molecule has 0 bridgehead atoms. The van der Waals surface area contributed by atoms with Crippen LogP contribution in [-0.4, -0.2) is 80.3 Å². The molecule has 206 valence electrons. The molecule has 0 saturated carbocycles. The monoisotopic (exact) mass is 537 g/mol. The smallest absolute Gasteiger partial charge is 0.231 e. The van der Waals surface area contributed by atoms with E-state index in [4.69, 9.17) is 4.98 Å². The standard InChI is InChI=1S/C30H35N9O/c1-22(40)19-37-10-9-25-7-8-27(16-26(25)20-37)35-28-33-21-34-30(36-28)39-13-11-38(12-14-39)29-31-17-24(18-32-29)15-23-5-3-2-4-6-23/h2-8,16-18,21-22,40H,9-15,19-20H2,1H3,(H,33,34,35,36)/t22-/m0/s1. The van der Waals surface area contributed by atoms with Crippen molar-refractivity contribution in [2.45, 2.75) is 32.4 Å². The molecule has 0 spiro atoms. The van der Waals surface area contributed by atoms with Gasteiger partial charge in [0.1, 0.15) is 6.33 Å². The molecule has 2 aliphatic rings. The average molecular weight is 538 g/mol. The Labute approximate surface area is 234 Å². The SMILES string of the molecule is C[C@H](O)CN1CCc2ccc(Nc3ncnc(N4CCN(c5ncc(Cc6ccccc6)cn5)CC4)n3)cc2C1.